The summed E-state index contributed by atoms with van der Waals surface area (Å²) in [5.74, 6) is 0.639. The molecular formula is C17H19N5O. The first-order valence-corrected chi connectivity index (χ1v) is 7.98. The van der Waals surface area contributed by atoms with Gasteiger partial charge in [0.15, 0.2) is 0 Å². The van der Waals surface area contributed by atoms with Gasteiger partial charge in [0, 0.05) is 25.3 Å². The lowest BCUT2D eigenvalue weighted by atomic mass is 10.0. The number of rotatable bonds is 4. The van der Waals surface area contributed by atoms with Gasteiger partial charge in [0.1, 0.15) is 6.33 Å². The van der Waals surface area contributed by atoms with Crippen molar-refractivity contribution in [2.24, 2.45) is 5.92 Å². The fraction of sp³-hybridized carbons (Fsp3) is 0.353. The number of nitrogens with zero attached hydrogens (tertiary/aromatic N) is 4. The molecule has 1 aromatic carbocycles. The van der Waals surface area contributed by atoms with Crippen LogP contribution in [0.3, 0.4) is 0 Å². The summed E-state index contributed by atoms with van der Waals surface area (Å²) in [7, 11) is 0. The highest BCUT2D eigenvalue weighted by atomic mass is 16.5. The van der Waals surface area contributed by atoms with Crippen molar-refractivity contribution in [3.63, 3.8) is 0 Å². The van der Waals surface area contributed by atoms with Crippen molar-refractivity contribution in [2.45, 2.75) is 12.8 Å². The summed E-state index contributed by atoms with van der Waals surface area (Å²) in [6, 6.07) is 12.2. The number of anilines is 1. The van der Waals surface area contributed by atoms with E-state index in [0.717, 1.165) is 55.2 Å². The van der Waals surface area contributed by atoms with Crippen molar-refractivity contribution in [1.29, 1.82) is 0 Å². The van der Waals surface area contributed by atoms with Gasteiger partial charge in [0.05, 0.1) is 11.4 Å². The highest BCUT2D eigenvalue weighted by molar-refractivity contribution is 5.73. The zero-order valence-electron chi connectivity index (χ0n) is 12.9. The Bertz CT molecular complexity index is 780. The van der Waals surface area contributed by atoms with Crippen LogP contribution in [0, 0.1) is 5.92 Å². The lowest BCUT2D eigenvalue weighted by molar-refractivity contribution is 0.0699. The maximum absolute atomic E-state index is 5.42. The van der Waals surface area contributed by atoms with Crippen LogP contribution in [-0.4, -0.2) is 39.6 Å². The van der Waals surface area contributed by atoms with Crippen molar-refractivity contribution < 1.29 is 4.74 Å². The van der Waals surface area contributed by atoms with Crippen molar-refractivity contribution in [2.75, 3.05) is 25.1 Å². The Hall–Kier alpha value is -2.47. The molecule has 0 atom stereocenters. The number of hydrogen-bond donors (Lipinski definition) is 1. The minimum atomic E-state index is 0.639. The summed E-state index contributed by atoms with van der Waals surface area (Å²) in [4.78, 5) is 0. The molecule has 1 saturated heterocycles. The average molecular weight is 309 g/mol. The summed E-state index contributed by atoms with van der Waals surface area (Å²) in [5.41, 5.74) is 3.73. The van der Waals surface area contributed by atoms with E-state index in [4.69, 9.17) is 4.74 Å². The Kier molecular flexibility index (Phi) is 3.90. The molecule has 0 aliphatic carbocycles. The molecule has 2 aromatic heterocycles. The fourth-order valence-corrected chi connectivity index (χ4v) is 2.91. The molecule has 4 rings (SSSR count). The van der Waals surface area contributed by atoms with Gasteiger partial charge in [-0.1, -0.05) is 30.3 Å². The Morgan fingerprint density at radius 1 is 1.17 bits per heavy atom. The predicted molar refractivity (Wildman–Crippen MR) is 88.3 cm³/mol. The first kappa shape index (κ1) is 14.1. The zero-order valence-corrected chi connectivity index (χ0v) is 12.9. The zero-order chi connectivity index (χ0) is 15.5. The average Bonchev–Trinajstić information content (AvgIpc) is 3.10. The molecule has 1 aliphatic rings. The lowest BCUT2D eigenvalue weighted by Gasteiger charge is -2.22. The molecule has 0 spiro atoms. The van der Waals surface area contributed by atoms with Gasteiger partial charge in [0.25, 0.3) is 0 Å². The summed E-state index contributed by atoms with van der Waals surface area (Å²) in [6.07, 6.45) is 3.85. The topological polar surface area (TPSA) is 64.3 Å². The molecule has 0 bridgehead atoms. The molecule has 0 amide bonds. The number of ether oxygens (including phenoxy) is 1. The molecule has 3 aromatic rings. The van der Waals surface area contributed by atoms with Gasteiger partial charge >= 0.3 is 0 Å². The molecule has 6 nitrogen and oxygen atoms in total. The molecule has 1 fully saturated rings. The minimum absolute atomic E-state index is 0.639. The van der Waals surface area contributed by atoms with E-state index >= 15 is 0 Å². The van der Waals surface area contributed by atoms with Gasteiger partial charge in [-0.2, -0.15) is 9.61 Å². The van der Waals surface area contributed by atoms with Gasteiger partial charge in [-0.05, 0) is 24.8 Å². The number of nitrogens with one attached hydrogen (secondary N) is 1. The molecule has 0 radical (unpaired) electrons. The molecule has 23 heavy (non-hydrogen) atoms. The van der Waals surface area contributed by atoms with Crippen molar-refractivity contribution in [1.82, 2.24) is 19.8 Å². The Labute approximate surface area is 134 Å². The molecule has 1 aliphatic heterocycles. The van der Waals surface area contributed by atoms with E-state index in [1.807, 2.05) is 18.2 Å². The monoisotopic (exact) mass is 309 g/mol. The quantitative estimate of drug-likeness (QED) is 0.802. The van der Waals surface area contributed by atoms with Crippen LogP contribution >= 0.6 is 0 Å². The van der Waals surface area contributed by atoms with Crippen molar-refractivity contribution >= 4 is 11.3 Å². The predicted octanol–water partition coefficient (Wildman–Crippen LogP) is 2.63. The highest BCUT2D eigenvalue weighted by Crippen LogP contribution is 2.24. The Morgan fingerprint density at radius 2 is 2.00 bits per heavy atom. The molecule has 0 unspecified atom stereocenters. The maximum Gasteiger partial charge on any atom is 0.200 e. The van der Waals surface area contributed by atoms with E-state index < -0.39 is 0 Å². The van der Waals surface area contributed by atoms with Crippen molar-refractivity contribution in [3.8, 4) is 11.3 Å². The SMILES string of the molecule is c1ccc(-c2cc(NCC3CCOCC3)c3nncn3n2)cc1. The van der Waals surface area contributed by atoms with Crippen LogP contribution in [0.5, 0.6) is 0 Å². The molecule has 118 valence electrons. The standard InChI is InChI=1S/C17H19N5O/c1-2-4-14(5-3-1)15-10-16(17-20-19-12-22(17)21-15)18-11-13-6-8-23-9-7-13/h1-5,10,12-13,18H,6-9,11H2. The van der Waals surface area contributed by atoms with Crippen LogP contribution in [-0.2, 0) is 4.74 Å². The second-order valence-corrected chi connectivity index (χ2v) is 5.85. The van der Waals surface area contributed by atoms with Crippen LogP contribution in [0.2, 0.25) is 0 Å². The fourth-order valence-electron chi connectivity index (χ4n) is 2.91. The number of hydrogen-bond acceptors (Lipinski definition) is 5. The van der Waals surface area contributed by atoms with Crippen LogP contribution in [0.4, 0.5) is 5.69 Å². The van der Waals surface area contributed by atoms with Gasteiger partial charge < -0.3 is 10.1 Å². The smallest absolute Gasteiger partial charge is 0.200 e. The normalized spacial score (nSPS) is 15.8. The first-order valence-electron chi connectivity index (χ1n) is 7.98. The largest absolute Gasteiger partial charge is 0.382 e. The van der Waals surface area contributed by atoms with E-state index in [1.54, 1.807) is 10.8 Å². The maximum atomic E-state index is 5.42. The third-order valence-corrected chi connectivity index (χ3v) is 4.26. The van der Waals surface area contributed by atoms with Crippen molar-refractivity contribution in [3.05, 3.63) is 42.7 Å². The second-order valence-electron chi connectivity index (χ2n) is 5.85. The summed E-state index contributed by atoms with van der Waals surface area (Å²) < 4.78 is 7.15. The Morgan fingerprint density at radius 3 is 2.83 bits per heavy atom. The van der Waals surface area contributed by atoms with Gasteiger partial charge in [-0.25, -0.2) is 0 Å². The number of aromatic nitrogens is 4. The molecule has 6 heteroatoms. The number of fused-ring (bicyclic) bond motifs is 1. The highest BCUT2D eigenvalue weighted by Gasteiger charge is 2.15. The molecular weight excluding hydrogens is 290 g/mol. The van der Waals surface area contributed by atoms with Crippen LogP contribution in [0.1, 0.15) is 12.8 Å². The van der Waals surface area contributed by atoms with Crippen LogP contribution < -0.4 is 5.32 Å². The first-order chi connectivity index (χ1) is 11.4. The Balaban J connectivity index is 1.63. The van der Waals surface area contributed by atoms with Crippen LogP contribution in [0.25, 0.3) is 16.9 Å². The lowest BCUT2D eigenvalue weighted by Crippen LogP contribution is -2.23. The second kappa shape index (κ2) is 6.34. The van der Waals surface area contributed by atoms with E-state index in [1.165, 1.54) is 0 Å². The van der Waals surface area contributed by atoms with Gasteiger partial charge in [-0.15, -0.1) is 10.2 Å². The van der Waals surface area contributed by atoms with E-state index in [-0.39, 0.29) is 0 Å². The third kappa shape index (κ3) is 3.03. The van der Waals surface area contributed by atoms with E-state index in [2.05, 4.69) is 38.8 Å². The third-order valence-electron chi connectivity index (χ3n) is 4.26. The number of benzene rings is 1. The van der Waals surface area contributed by atoms with Crippen LogP contribution in [0.15, 0.2) is 42.7 Å². The summed E-state index contributed by atoms with van der Waals surface area (Å²) in [6.45, 7) is 2.64. The van der Waals surface area contributed by atoms with E-state index in [9.17, 15) is 0 Å². The van der Waals surface area contributed by atoms with E-state index in [0.29, 0.717) is 5.92 Å². The van der Waals surface area contributed by atoms with Gasteiger partial charge in [-0.3, -0.25) is 0 Å². The minimum Gasteiger partial charge on any atom is -0.382 e. The molecule has 1 N–H and O–H groups in total. The van der Waals surface area contributed by atoms with Gasteiger partial charge in [0.2, 0.25) is 5.65 Å². The molecule has 3 heterocycles. The summed E-state index contributed by atoms with van der Waals surface area (Å²) in [5, 5.41) is 16.3. The summed E-state index contributed by atoms with van der Waals surface area (Å²) >= 11 is 0. The molecule has 0 saturated carbocycles.